The molecule has 0 spiro atoms. The van der Waals surface area contributed by atoms with Crippen LogP contribution in [0.3, 0.4) is 0 Å². The highest BCUT2D eigenvalue weighted by atomic mass is 32.2. The summed E-state index contributed by atoms with van der Waals surface area (Å²) in [5.74, 6) is 0.805. The lowest BCUT2D eigenvalue weighted by Crippen LogP contribution is -2.64. The van der Waals surface area contributed by atoms with Crippen LogP contribution in [0, 0.1) is 5.92 Å². The van der Waals surface area contributed by atoms with Crippen LogP contribution in [0.1, 0.15) is 48.0 Å². The van der Waals surface area contributed by atoms with Crippen LogP contribution < -0.4 is 5.32 Å². The molecule has 0 aliphatic carbocycles. The largest absolute Gasteiger partial charge is 0.309 e. The fraction of sp³-hybridized carbons (Fsp3) is 1.00. The summed E-state index contributed by atoms with van der Waals surface area (Å²) in [4.78, 5) is 2.38. The number of rotatable bonds is 6. The average Bonchev–Trinajstić information content (AvgIpc) is 2.36. The SMILES string of the molecule is CCC1(C)CN(CCS(=O)(=O)C(C)C)C(C(C)C)CN1. The lowest BCUT2D eigenvalue weighted by Gasteiger charge is -2.47. The van der Waals surface area contributed by atoms with E-state index in [2.05, 4.69) is 37.9 Å². The molecule has 0 aromatic rings. The molecule has 0 aromatic carbocycles. The molecule has 1 aliphatic rings. The van der Waals surface area contributed by atoms with Crippen LogP contribution >= 0.6 is 0 Å². The van der Waals surface area contributed by atoms with Crippen LogP contribution in [0.2, 0.25) is 0 Å². The quantitative estimate of drug-likeness (QED) is 0.814. The summed E-state index contributed by atoms with van der Waals surface area (Å²) in [6.07, 6.45) is 1.06. The third-order valence-electron chi connectivity index (χ3n) is 4.69. The molecule has 20 heavy (non-hydrogen) atoms. The van der Waals surface area contributed by atoms with Crippen molar-refractivity contribution in [1.82, 2.24) is 10.2 Å². The predicted molar refractivity (Wildman–Crippen MR) is 85.8 cm³/mol. The van der Waals surface area contributed by atoms with Gasteiger partial charge in [-0.1, -0.05) is 20.8 Å². The van der Waals surface area contributed by atoms with Gasteiger partial charge in [0.05, 0.1) is 11.0 Å². The average molecular weight is 305 g/mol. The first-order valence-corrected chi connectivity index (χ1v) is 9.53. The van der Waals surface area contributed by atoms with Gasteiger partial charge in [-0.2, -0.15) is 0 Å². The summed E-state index contributed by atoms with van der Waals surface area (Å²) in [5, 5.41) is 3.36. The first-order valence-electron chi connectivity index (χ1n) is 7.82. The molecule has 2 unspecified atom stereocenters. The highest BCUT2D eigenvalue weighted by molar-refractivity contribution is 7.92. The van der Waals surface area contributed by atoms with Gasteiger partial charge in [0.25, 0.3) is 0 Å². The molecule has 1 rings (SSSR count). The lowest BCUT2D eigenvalue weighted by atomic mass is 9.90. The van der Waals surface area contributed by atoms with Gasteiger partial charge in [-0.15, -0.1) is 0 Å². The van der Waals surface area contributed by atoms with E-state index < -0.39 is 9.84 Å². The molecule has 1 fully saturated rings. The van der Waals surface area contributed by atoms with Crippen molar-refractivity contribution in [1.29, 1.82) is 0 Å². The molecule has 120 valence electrons. The smallest absolute Gasteiger partial charge is 0.153 e. The van der Waals surface area contributed by atoms with E-state index in [-0.39, 0.29) is 16.5 Å². The van der Waals surface area contributed by atoms with Crippen LogP contribution in [-0.2, 0) is 9.84 Å². The molecule has 0 bridgehead atoms. The zero-order chi connectivity index (χ0) is 15.6. The molecule has 4 nitrogen and oxygen atoms in total. The van der Waals surface area contributed by atoms with Gasteiger partial charge in [-0.25, -0.2) is 8.42 Å². The Hall–Kier alpha value is -0.130. The normalized spacial score (nSPS) is 29.3. The first kappa shape index (κ1) is 17.9. The molecule has 0 saturated carbocycles. The zero-order valence-electron chi connectivity index (χ0n) is 13.9. The van der Waals surface area contributed by atoms with Gasteiger partial charge in [0.15, 0.2) is 9.84 Å². The molecule has 1 N–H and O–H groups in total. The van der Waals surface area contributed by atoms with E-state index in [0.717, 1.165) is 19.5 Å². The minimum atomic E-state index is -2.95. The zero-order valence-corrected chi connectivity index (χ0v) is 14.8. The van der Waals surface area contributed by atoms with Crippen LogP contribution in [0.25, 0.3) is 0 Å². The van der Waals surface area contributed by atoms with Crippen molar-refractivity contribution in [2.24, 2.45) is 5.92 Å². The Morgan fingerprint density at radius 3 is 2.35 bits per heavy atom. The number of hydrogen-bond donors (Lipinski definition) is 1. The second-order valence-corrected chi connectivity index (χ2v) is 9.67. The van der Waals surface area contributed by atoms with E-state index in [4.69, 9.17) is 0 Å². The Morgan fingerprint density at radius 2 is 1.90 bits per heavy atom. The van der Waals surface area contributed by atoms with Crippen LogP contribution in [0.5, 0.6) is 0 Å². The Labute approximate surface area is 125 Å². The van der Waals surface area contributed by atoms with Gasteiger partial charge in [-0.05, 0) is 33.1 Å². The maximum atomic E-state index is 12.0. The predicted octanol–water partition coefficient (Wildman–Crippen LogP) is 1.91. The Kier molecular flexibility index (Phi) is 6.05. The fourth-order valence-corrected chi connectivity index (χ4v) is 3.68. The van der Waals surface area contributed by atoms with Gasteiger partial charge in [0.1, 0.15) is 0 Å². The second kappa shape index (κ2) is 6.75. The Bertz CT molecular complexity index is 406. The fourth-order valence-electron chi connectivity index (χ4n) is 2.72. The minimum absolute atomic E-state index is 0.104. The maximum absolute atomic E-state index is 12.0. The van der Waals surface area contributed by atoms with E-state index in [9.17, 15) is 8.42 Å². The summed E-state index contributed by atoms with van der Waals surface area (Å²) >= 11 is 0. The topological polar surface area (TPSA) is 49.4 Å². The highest BCUT2D eigenvalue weighted by Crippen LogP contribution is 2.22. The molecule has 1 saturated heterocycles. The van der Waals surface area contributed by atoms with Crippen molar-refractivity contribution < 1.29 is 8.42 Å². The monoisotopic (exact) mass is 304 g/mol. The molecular formula is C15H32N2O2S. The van der Waals surface area contributed by atoms with E-state index in [1.165, 1.54) is 0 Å². The summed E-state index contributed by atoms with van der Waals surface area (Å²) in [6.45, 7) is 14.9. The van der Waals surface area contributed by atoms with Gasteiger partial charge < -0.3 is 5.32 Å². The molecule has 1 aliphatic heterocycles. The Balaban J connectivity index is 2.75. The van der Waals surface area contributed by atoms with Crippen molar-refractivity contribution >= 4 is 9.84 Å². The molecule has 1 heterocycles. The van der Waals surface area contributed by atoms with Gasteiger partial charge in [0.2, 0.25) is 0 Å². The lowest BCUT2D eigenvalue weighted by molar-refractivity contribution is 0.0657. The maximum Gasteiger partial charge on any atom is 0.153 e. The van der Waals surface area contributed by atoms with Crippen molar-refractivity contribution in [2.75, 3.05) is 25.4 Å². The summed E-state index contributed by atoms with van der Waals surface area (Å²) in [6, 6.07) is 0.428. The molecule has 0 radical (unpaired) electrons. The van der Waals surface area contributed by atoms with Crippen molar-refractivity contribution in [3.63, 3.8) is 0 Å². The van der Waals surface area contributed by atoms with E-state index in [1.54, 1.807) is 13.8 Å². The molecule has 2 atom stereocenters. The number of nitrogens with zero attached hydrogens (tertiary/aromatic N) is 1. The van der Waals surface area contributed by atoms with Crippen molar-refractivity contribution in [2.45, 2.75) is 64.8 Å². The van der Waals surface area contributed by atoms with E-state index in [0.29, 0.717) is 18.5 Å². The van der Waals surface area contributed by atoms with E-state index >= 15 is 0 Å². The number of hydrogen-bond acceptors (Lipinski definition) is 4. The summed E-state index contributed by atoms with van der Waals surface area (Å²) in [5.41, 5.74) is 0.104. The summed E-state index contributed by atoms with van der Waals surface area (Å²) in [7, 11) is -2.95. The second-order valence-electron chi connectivity index (χ2n) is 6.99. The van der Waals surface area contributed by atoms with Gasteiger partial charge >= 0.3 is 0 Å². The number of nitrogens with one attached hydrogen (secondary N) is 1. The third kappa shape index (κ3) is 4.43. The molecular weight excluding hydrogens is 272 g/mol. The van der Waals surface area contributed by atoms with Gasteiger partial charge in [-0.3, -0.25) is 4.90 Å². The molecule has 0 amide bonds. The van der Waals surface area contributed by atoms with E-state index in [1.807, 2.05) is 0 Å². The minimum Gasteiger partial charge on any atom is -0.309 e. The standard InChI is InChI=1S/C15H32N2O2S/c1-7-15(6)11-17(14(10-16-15)12(2)3)8-9-20(18,19)13(4)5/h12-14,16H,7-11H2,1-6H3. The van der Waals surface area contributed by atoms with Crippen LogP contribution in [-0.4, -0.2) is 55.5 Å². The van der Waals surface area contributed by atoms with Crippen LogP contribution in [0.15, 0.2) is 0 Å². The highest BCUT2D eigenvalue weighted by Gasteiger charge is 2.36. The number of piperazine rings is 1. The van der Waals surface area contributed by atoms with Crippen molar-refractivity contribution in [3.8, 4) is 0 Å². The van der Waals surface area contributed by atoms with Crippen molar-refractivity contribution in [3.05, 3.63) is 0 Å². The molecule has 0 aromatic heterocycles. The Morgan fingerprint density at radius 1 is 1.30 bits per heavy atom. The third-order valence-corrected chi connectivity index (χ3v) is 6.88. The summed E-state index contributed by atoms with van der Waals surface area (Å²) < 4.78 is 24.1. The molecule has 5 heteroatoms. The van der Waals surface area contributed by atoms with Gasteiger partial charge in [0, 0.05) is 31.2 Å². The van der Waals surface area contributed by atoms with Crippen LogP contribution in [0.4, 0.5) is 0 Å². The number of sulfone groups is 1. The first-order chi connectivity index (χ1) is 9.11.